The van der Waals surface area contributed by atoms with E-state index in [1.807, 2.05) is 0 Å². The van der Waals surface area contributed by atoms with E-state index in [4.69, 9.17) is 5.73 Å². The lowest BCUT2D eigenvalue weighted by Crippen LogP contribution is -2.36. The molecule has 0 spiro atoms. The summed E-state index contributed by atoms with van der Waals surface area (Å²) >= 11 is 0. The van der Waals surface area contributed by atoms with Crippen LogP contribution in [0.15, 0.2) is 36.7 Å². The van der Waals surface area contributed by atoms with Crippen LogP contribution in [0.4, 0.5) is 10.1 Å². The first-order chi connectivity index (χ1) is 11.6. The fourth-order valence-electron chi connectivity index (χ4n) is 3.48. The maximum absolute atomic E-state index is 14.2. The molecule has 0 bridgehead atoms. The van der Waals surface area contributed by atoms with E-state index in [1.165, 1.54) is 17.2 Å². The highest BCUT2D eigenvalue weighted by Crippen LogP contribution is 2.38. The minimum Gasteiger partial charge on any atom is -0.330 e. The highest BCUT2D eigenvalue weighted by atomic mass is 35.5. The summed E-state index contributed by atoms with van der Waals surface area (Å²) in [5.74, 6) is -0.531. The number of anilines is 1. The third kappa shape index (κ3) is 5.19. The van der Waals surface area contributed by atoms with Crippen LogP contribution >= 0.6 is 24.8 Å². The number of nitrogens with one attached hydrogen (secondary N) is 1. The lowest BCUT2D eigenvalue weighted by Gasteiger charge is -2.35. The number of halogens is 3. The van der Waals surface area contributed by atoms with Gasteiger partial charge >= 0.3 is 0 Å². The number of aromatic nitrogens is 2. The summed E-state index contributed by atoms with van der Waals surface area (Å²) in [5.41, 5.74) is 6.63. The smallest absolute Gasteiger partial charge is 0.224 e. The van der Waals surface area contributed by atoms with Crippen LogP contribution < -0.4 is 11.1 Å². The zero-order valence-corrected chi connectivity index (χ0v) is 16.1. The molecule has 8 heteroatoms. The molecule has 0 saturated heterocycles. The van der Waals surface area contributed by atoms with E-state index in [9.17, 15) is 9.18 Å². The van der Waals surface area contributed by atoms with Gasteiger partial charge in [-0.15, -0.1) is 24.8 Å². The van der Waals surface area contributed by atoms with Gasteiger partial charge in [0.25, 0.3) is 0 Å². The van der Waals surface area contributed by atoms with E-state index < -0.39 is 5.82 Å². The van der Waals surface area contributed by atoms with E-state index in [0.717, 1.165) is 25.7 Å². The minimum atomic E-state index is -0.428. The van der Waals surface area contributed by atoms with Gasteiger partial charge in [0, 0.05) is 24.5 Å². The van der Waals surface area contributed by atoms with Gasteiger partial charge in [0.2, 0.25) is 5.91 Å². The van der Waals surface area contributed by atoms with Gasteiger partial charge in [0.05, 0.1) is 0 Å². The van der Waals surface area contributed by atoms with Gasteiger partial charge in [0.15, 0.2) is 5.82 Å². The molecule has 3 N–H and O–H groups in total. The normalized spacial score (nSPS) is 15.5. The van der Waals surface area contributed by atoms with Crippen LogP contribution in [-0.2, 0) is 4.79 Å². The van der Waals surface area contributed by atoms with Crippen LogP contribution in [0, 0.1) is 11.2 Å². The third-order valence-electron chi connectivity index (χ3n) is 4.87. The molecular formula is C18H25Cl2FN4O. The molecule has 1 aromatic carbocycles. The van der Waals surface area contributed by atoms with Crippen molar-refractivity contribution in [3.05, 3.63) is 42.5 Å². The summed E-state index contributed by atoms with van der Waals surface area (Å²) in [6, 6.07) is 6.35. The van der Waals surface area contributed by atoms with Gasteiger partial charge in [-0.25, -0.2) is 9.07 Å². The summed E-state index contributed by atoms with van der Waals surface area (Å²) in [6.07, 6.45) is 9.09. The van der Waals surface area contributed by atoms with E-state index in [2.05, 4.69) is 10.4 Å². The van der Waals surface area contributed by atoms with Crippen molar-refractivity contribution in [1.29, 1.82) is 0 Å². The number of nitrogens with two attached hydrogens (primary N) is 1. The van der Waals surface area contributed by atoms with Crippen LogP contribution in [0.3, 0.4) is 0 Å². The topological polar surface area (TPSA) is 72.9 Å². The Morgan fingerprint density at radius 2 is 2.00 bits per heavy atom. The van der Waals surface area contributed by atoms with Crippen molar-refractivity contribution in [3.63, 3.8) is 0 Å². The maximum atomic E-state index is 14.2. The summed E-state index contributed by atoms with van der Waals surface area (Å²) in [6.45, 7) is 0.521. The summed E-state index contributed by atoms with van der Waals surface area (Å²) in [5, 5.41) is 6.81. The van der Waals surface area contributed by atoms with Crippen molar-refractivity contribution in [2.45, 2.75) is 38.5 Å². The Hall–Kier alpha value is -1.63. The molecule has 1 aliphatic carbocycles. The van der Waals surface area contributed by atoms with Crippen LogP contribution in [0.5, 0.6) is 0 Å². The van der Waals surface area contributed by atoms with Gasteiger partial charge in [0.1, 0.15) is 5.69 Å². The highest BCUT2D eigenvalue weighted by Gasteiger charge is 2.32. The molecule has 1 heterocycles. The van der Waals surface area contributed by atoms with Gasteiger partial charge < -0.3 is 11.1 Å². The highest BCUT2D eigenvalue weighted by molar-refractivity contribution is 5.91. The lowest BCUT2D eigenvalue weighted by molar-refractivity contribution is -0.118. The number of rotatable bonds is 5. The molecule has 2 aromatic rings. The first-order valence-electron chi connectivity index (χ1n) is 8.41. The zero-order chi connectivity index (χ0) is 17.0. The Balaban J connectivity index is 0.00000169. The maximum Gasteiger partial charge on any atom is 0.224 e. The van der Waals surface area contributed by atoms with Crippen LogP contribution in [0.2, 0.25) is 0 Å². The van der Waals surface area contributed by atoms with Crippen molar-refractivity contribution in [2.24, 2.45) is 11.1 Å². The van der Waals surface area contributed by atoms with Gasteiger partial charge in [-0.05, 0) is 49.1 Å². The first-order valence-corrected chi connectivity index (χ1v) is 8.41. The third-order valence-corrected chi connectivity index (χ3v) is 4.87. The van der Waals surface area contributed by atoms with E-state index in [-0.39, 0.29) is 36.1 Å². The fraction of sp³-hybridized carbons (Fsp3) is 0.444. The fourth-order valence-corrected chi connectivity index (χ4v) is 3.48. The number of carbonyl (C=O) groups excluding carboxylic acids is 1. The number of amides is 1. The van der Waals surface area contributed by atoms with Crippen molar-refractivity contribution in [1.82, 2.24) is 9.78 Å². The second kappa shape index (κ2) is 9.90. The Morgan fingerprint density at radius 1 is 1.27 bits per heavy atom. The van der Waals surface area contributed by atoms with Gasteiger partial charge in [-0.2, -0.15) is 5.10 Å². The molecule has 3 rings (SSSR count). The molecule has 1 saturated carbocycles. The predicted octanol–water partition coefficient (Wildman–Crippen LogP) is 4.09. The van der Waals surface area contributed by atoms with Crippen molar-refractivity contribution in [2.75, 3.05) is 11.9 Å². The average molecular weight is 403 g/mol. The molecule has 0 unspecified atom stereocenters. The molecule has 1 aliphatic rings. The van der Waals surface area contributed by atoms with E-state index >= 15 is 0 Å². The van der Waals surface area contributed by atoms with E-state index in [0.29, 0.717) is 24.3 Å². The monoisotopic (exact) mass is 402 g/mol. The standard InChI is InChI=1S/C18H23FN4O.2ClH/c19-15-11-14(5-6-16(15)23-10-4-9-21-23)22-17(24)12-18(13-20)7-2-1-3-8-18;;/h4-6,9-11H,1-3,7-8,12-13,20H2,(H,22,24);2*1H. The SMILES string of the molecule is Cl.Cl.NCC1(CC(=O)Nc2ccc(-n3cccn3)c(F)c2)CCCCC1. The number of benzene rings is 1. The summed E-state index contributed by atoms with van der Waals surface area (Å²) < 4.78 is 15.7. The van der Waals surface area contributed by atoms with Gasteiger partial charge in [-0.3, -0.25) is 4.79 Å². The molecule has 144 valence electrons. The minimum absolute atomic E-state index is 0. The van der Waals surface area contributed by atoms with Crippen LogP contribution in [0.1, 0.15) is 38.5 Å². The van der Waals surface area contributed by atoms with Crippen molar-refractivity contribution < 1.29 is 9.18 Å². The number of hydrogen-bond donors (Lipinski definition) is 2. The largest absolute Gasteiger partial charge is 0.330 e. The second-order valence-corrected chi connectivity index (χ2v) is 6.61. The Kier molecular flexibility index (Phi) is 8.53. The average Bonchev–Trinajstić information content (AvgIpc) is 3.10. The molecule has 26 heavy (non-hydrogen) atoms. The quantitative estimate of drug-likeness (QED) is 0.790. The Morgan fingerprint density at radius 3 is 2.58 bits per heavy atom. The molecule has 0 aliphatic heterocycles. The number of hydrogen-bond acceptors (Lipinski definition) is 3. The summed E-state index contributed by atoms with van der Waals surface area (Å²) in [7, 11) is 0. The second-order valence-electron chi connectivity index (χ2n) is 6.61. The van der Waals surface area contributed by atoms with Crippen molar-refractivity contribution >= 4 is 36.4 Å². The molecular weight excluding hydrogens is 378 g/mol. The van der Waals surface area contributed by atoms with Crippen LogP contribution in [-0.4, -0.2) is 22.2 Å². The molecule has 1 fully saturated rings. The summed E-state index contributed by atoms with van der Waals surface area (Å²) in [4.78, 5) is 12.4. The number of carbonyl (C=O) groups is 1. The predicted molar refractivity (Wildman–Crippen MR) is 106 cm³/mol. The number of nitrogens with zero attached hydrogens (tertiary/aromatic N) is 2. The zero-order valence-electron chi connectivity index (χ0n) is 14.5. The molecule has 0 atom stereocenters. The molecule has 1 aromatic heterocycles. The first kappa shape index (κ1) is 22.4. The molecule has 0 radical (unpaired) electrons. The lowest BCUT2D eigenvalue weighted by atomic mass is 9.71. The van der Waals surface area contributed by atoms with Crippen LogP contribution in [0.25, 0.3) is 5.69 Å². The Labute approximate surface area is 165 Å². The van der Waals surface area contributed by atoms with Gasteiger partial charge in [-0.1, -0.05) is 19.3 Å². The molecule has 1 amide bonds. The van der Waals surface area contributed by atoms with E-state index in [1.54, 1.807) is 30.6 Å². The molecule has 5 nitrogen and oxygen atoms in total. The Bertz CT molecular complexity index is 703. The van der Waals surface area contributed by atoms with Crippen molar-refractivity contribution in [3.8, 4) is 5.69 Å².